The standard InChI is InChI=1S/C15H23NO4S/c1-6-11-7-9-12(10-8-11)21(18,19)16-13(14(17)20-5)15(2,3)4/h7-10,13,16H,6H2,1-5H3. The molecular weight excluding hydrogens is 290 g/mol. The quantitative estimate of drug-likeness (QED) is 0.845. The van der Waals surface area contributed by atoms with Crippen LogP contribution in [-0.4, -0.2) is 27.5 Å². The Hall–Kier alpha value is -1.40. The second kappa shape index (κ2) is 6.58. The first-order chi connectivity index (χ1) is 9.61. The van der Waals surface area contributed by atoms with Crippen LogP contribution in [-0.2, 0) is 26.0 Å². The first-order valence-electron chi connectivity index (χ1n) is 6.81. The van der Waals surface area contributed by atoms with E-state index < -0.39 is 27.4 Å². The minimum Gasteiger partial charge on any atom is -0.468 e. The van der Waals surface area contributed by atoms with Gasteiger partial charge >= 0.3 is 5.97 Å². The van der Waals surface area contributed by atoms with Gasteiger partial charge in [0.2, 0.25) is 10.0 Å². The predicted molar refractivity (Wildman–Crippen MR) is 81.4 cm³/mol. The van der Waals surface area contributed by atoms with Crippen molar-refractivity contribution in [3.8, 4) is 0 Å². The van der Waals surface area contributed by atoms with Crippen LogP contribution in [0.2, 0.25) is 0 Å². The molecule has 0 heterocycles. The summed E-state index contributed by atoms with van der Waals surface area (Å²) in [6, 6.07) is 5.66. The minimum atomic E-state index is -3.77. The number of ether oxygens (including phenoxy) is 1. The fourth-order valence-electron chi connectivity index (χ4n) is 1.82. The third-order valence-electron chi connectivity index (χ3n) is 3.22. The molecule has 1 atom stereocenters. The van der Waals surface area contributed by atoms with E-state index >= 15 is 0 Å². The summed E-state index contributed by atoms with van der Waals surface area (Å²) in [5.74, 6) is -0.601. The molecule has 1 N–H and O–H groups in total. The molecule has 0 amide bonds. The van der Waals surface area contributed by atoms with Crippen LogP contribution in [0.15, 0.2) is 29.2 Å². The van der Waals surface area contributed by atoms with E-state index in [1.54, 1.807) is 32.9 Å². The molecule has 21 heavy (non-hydrogen) atoms. The molecule has 0 radical (unpaired) electrons. The van der Waals surface area contributed by atoms with E-state index in [1.807, 2.05) is 6.92 Å². The van der Waals surface area contributed by atoms with Crippen molar-refractivity contribution in [3.63, 3.8) is 0 Å². The van der Waals surface area contributed by atoms with Crippen molar-refractivity contribution in [1.82, 2.24) is 4.72 Å². The fraction of sp³-hybridized carbons (Fsp3) is 0.533. The Morgan fingerprint density at radius 3 is 2.14 bits per heavy atom. The van der Waals surface area contributed by atoms with Gasteiger partial charge < -0.3 is 4.74 Å². The molecule has 0 saturated heterocycles. The molecule has 5 nitrogen and oxygen atoms in total. The zero-order valence-corrected chi connectivity index (χ0v) is 14.0. The summed E-state index contributed by atoms with van der Waals surface area (Å²) < 4.78 is 31.9. The van der Waals surface area contributed by atoms with Gasteiger partial charge in [0.15, 0.2) is 0 Å². The van der Waals surface area contributed by atoms with Gasteiger partial charge in [-0.3, -0.25) is 4.79 Å². The van der Waals surface area contributed by atoms with Gasteiger partial charge in [-0.25, -0.2) is 8.42 Å². The summed E-state index contributed by atoms with van der Waals surface area (Å²) in [4.78, 5) is 12.0. The van der Waals surface area contributed by atoms with Crippen molar-refractivity contribution >= 4 is 16.0 Å². The van der Waals surface area contributed by atoms with E-state index in [2.05, 4.69) is 4.72 Å². The lowest BCUT2D eigenvalue weighted by Crippen LogP contribution is -2.49. The number of carbonyl (C=O) groups is 1. The van der Waals surface area contributed by atoms with E-state index in [0.717, 1.165) is 12.0 Å². The summed E-state index contributed by atoms with van der Waals surface area (Å²) >= 11 is 0. The predicted octanol–water partition coefficient (Wildman–Crippen LogP) is 2.11. The van der Waals surface area contributed by atoms with Gasteiger partial charge in [0.25, 0.3) is 0 Å². The molecule has 1 aromatic carbocycles. The van der Waals surface area contributed by atoms with Gasteiger partial charge in [-0.2, -0.15) is 4.72 Å². The number of hydrogen-bond acceptors (Lipinski definition) is 4. The van der Waals surface area contributed by atoms with Gasteiger partial charge in [-0.05, 0) is 29.5 Å². The van der Waals surface area contributed by atoms with Crippen molar-refractivity contribution in [2.75, 3.05) is 7.11 Å². The third-order valence-corrected chi connectivity index (χ3v) is 4.66. The van der Waals surface area contributed by atoms with E-state index in [-0.39, 0.29) is 4.90 Å². The molecule has 0 aliphatic heterocycles. The molecule has 118 valence electrons. The highest BCUT2D eigenvalue weighted by Crippen LogP contribution is 2.22. The van der Waals surface area contributed by atoms with E-state index in [4.69, 9.17) is 4.74 Å². The van der Waals surface area contributed by atoms with Gasteiger partial charge in [-0.1, -0.05) is 39.8 Å². The number of aryl methyl sites for hydroxylation is 1. The van der Waals surface area contributed by atoms with Crippen LogP contribution < -0.4 is 4.72 Å². The third kappa shape index (κ3) is 4.54. The summed E-state index contributed by atoms with van der Waals surface area (Å²) in [6.45, 7) is 7.32. The fourth-order valence-corrected chi connectivity index (χ4v) is 3.21. The molecule has 0 bridgehead atoms. The Kier molecular flexibility index (Phi) is 5.53. The van der Waals surface area contributed by atoms with Crippen LogP contribution in [0.3, 0.4) is 0 Å². The lowest BCUT2D eigenvalue weighted by atomic mass is 9.87. The van der Waals surface area contributed by atoms with Crippen molar-refractivity contribution < 1.29 is 17.9 Å². The Morgan fingerprint density at radius 2 is 1.76 bits per heavy atom. The van der Waals surface area contributed by atoms with Crippen LogP contribution in [0, 0.1) is 5.41 Å². The normalized spacial score (nSPS) is 13.8. The van der Waals surface area contributed by atoms with E-state index in [9.17, 15) is 13.2 Å². The summed E-state index contributed by atoms with van der Waals surface area (Å²) in [5.41, 5.74) is 0.457. The van der Waals surface area contributed by atoms with Crippen molar-refractivity contribution in [2.45, 2.75) is 45.1 Å². The number of carbonyl (C=O) groups excluding carboxylic acids is 1. The lowest BCUT2D eigenvalue weighted by Gasteiger charge is -2.28. The second-order valence-electron chi connectivity index (χ2n) is 5.94. The molecule has 0 aliphatic carbocycles. The Balaban J connectivity index is 3.08. The summed E-state index contributed by atoms with van der Waals surface area (Å²) in [5, 5.41) is 0. The molecule has 0 aromatic heterocycles. The first kappa shape index (κ1) is 17.7. The molecule has 0 spiro atoms. The molecule has 1 unspecified atom stereocenters. The Bertz CT molecular complexity index is 585. The van der Waals surface area contributed by atoms with Crippen LogP contribution in [0.1, 0.15) is 33.3 Å². The average Bonchev–Trinajstić information content (AvgIpc) is 2.43. The highest BCUT2D eigenvalue weighted by molar-refractivity contribution is 7.89. The number of methoxy groups -OCH3 is 1. The van der Waals surface area contributed by atoms with E-state index in [1.165, 1.54) is 19.2 Å². The maximum absolute atomic E-state index is 12.4. The van der Waals surface area contributed by atoms with Gasteiger partial charge in [0.05, 0.1) is 12.0 Å². The second-order valence-corrected chi connectivity index (χ2v) is 7.65. The topological polar surface area (TPSA) is 72.5 Å². The van der Waals surface area contributed by atoms with E-state index in [0.29, 0.717) is 0 Å². The molecule has 1 aromatic rings. The lowest BCUT2D eigenvalue weighted by molar-refractivity contribution is -0.145. The zero-order chi connectivity index (χ0) is 16.3. The number of rotatable bonds is 5. The van der Waals surface area contributed by atoms with Gasteiger partial charge in [0.1, 0.15) is 6.04 Å². The van der Waals surface area contributed by atoms with Crippen LogP contribution in [0.25, 0.3) is 0 Å². The minimum absolute atomic E-state index is 0.137. The maximum Gasteiger partial charge on any atom is 0.324 e. The molecule has 0 fully saturated rings. The van der Waals surface area contributed by atoms with Gasteiger partial charge in [-0.15, -0.1) is 0 Å². The van der Waals surface area contributed by atoms with Crippen molar-refractivity contribution in [1.29, 1.82) is 0 Å². The molecule has 0 aliphatic rings. The number of sulfonamides is 1. The SMILES string of the molecule is CCc1ccc(S(=O)(=O)NC(C(=O)OC)C(C)(C)C)cc1. The Morgan fingerprint density at radius 1 is 1.24 bits per heavy atom. The van der Waals surface area contributed by atoms with Gasteiger partial charge in [0, 0.05) is 0 Å². The number of nitrogens with one attached hydrogen (secondary N) is 1. The number of esters is 1. The summed E-state index contributed by atoms with van der Waals surface area (Å²) in [7, 11) is -2.53. The van der Waals surface area contributed by atoms with Crippen molar-refractivity contribution in [3.05, 3.63) is 29.8 Å². The molecule has 6 heteroatoms. The largest absolute Gasteiger partial charge is 0.468 e. The number of hydrogen-bond donors (Lipinski definition) is 1. The molecular formula is C15H23NO4S. The smallest absolute Gasteiger partial charge is 0.324 e. The molecule has 0 saturated carbocycles. The molecule has 1 rings (SSSR count). The highest BCUT2D eigenvalue weighted by atomic mass is 32.2. The monoisotopic (exact) mass is 313 g/mol. The highest BCUT2D eigenvalue weighted by Gasteiger charge is 2.36. The Labute approximate surface area is 126 Å². The summed E-state index contributed by atoms with van der Waals surface area (Å²) in [6.07, 6.45) is 0.834. The van der Waals surface area contributed by atoms with Crippen LogP contribution in [0.5, 0.6) is 0 Å². The zero-order valence-electron chi connectivity index (χ0n) is 13.1. The maximum atomic E-state index is 12.4. The number of benzene rings is 1. The van der Waals surface area contributed by atoms with Crippen LogP contribution >= 0.6 is 0 Å². The van der Waals surface area contributed by atoms with Crippen molar-refractivity contribution in [2.24, 2.45) is 5.41 Å². The average molecular weight is 313 g/mol. The van der Waals surface area contributed by atoms with Crippen LogP contribution in [0.4, 0.5) is 0 Å². The first-order valence-corrected chi connectivity index (χ1v) is 8.29.